The van der Waals surface area contributed by atoms with Crippen molar-refractivity contribution in [3.63, 3.8) is 0 Å². The van der Waals surface area contributed by atoms with E-state index in [1.165, 1.54) is 31.4 Å². The fourth-order valence-corrected chi connectivity index (χ4v) is 9.34. The van der Waals surface area contributed by atoms with Crippen LogP contribution in [0.25, 0.3) is 0 Å². The molecular formula is C40H29Cl2FN2O7. The fraction of sp³-hybridized carbons (Fsp3) is 0.225. The van der Waals surface area contributed by atoms with Crippen LogP contribution in [0.3, 0.4) is 0 Å². The summed E-state index contributed by atoms with van der Waals surface area (Å²) in [6, 6.07) is 24.1. The van der Waals surface area contributed by atoms with Crippen molar-refractivity contribution < 1.29 is 38.2 Å². The number of hydrogen-bond acceptors (Lipinski definition) is 7. The van der Waals surface area contributed by atoms with Gasteiger partial charge in [-0.3, -0.25) is 28.9 Å². The molecule has 4 amide bonds. The van der Waals surface area contributed by atoms with Crippen molar-refractivity contribution in [2.75, 3.05) is 16.9 Å². The van der Waals surface area contributed by atoms with E-state index in [-0.39, 0.29) is 41.3 Å². The normalized spacial score (nSPS) is 28.0. The number of benzene rings is 4. The molecule has 0 radical (unpaired) electrons. The predicted molar refractivity (Wildman–Crippen MR) is 190 cm³/mol. The van der Waals surface area contributed by atoms with Crippen molar-refractivity contribution in [1.82, 2.24) is 0 Å². The minimum atomic E-state index is -2.20. The molecule has 0 spiro atoms. The lowest BCUT2D eigenvalue weighted by Gasteiger charge is -2.50. The van der Waals surface area contributed by atoms with Crippen molar-refractivity contribution >= 4 is 64.0 Å². The summed E-state index contributed by atoms with van der Waals surface area (Å²) in [6.07, 6.45) is 1.59. The van der Waals surface area contributed by atoms with Gasteiger partial charge in [0.2, 0.25) is 11.8 Å². The number of phenolic OH excluding ortho intramolecular Hbond substituents is 1. The van der Waals surface area contributed by atoms with E-state index in [0.29, 0.717) is 22.4 Å². The second-order valence-corrected chi connectivity index (χ2v) is 14.7. The molecule has 2 aliphatic carbocycles. The third-order valence-corrected chi connectivity index (χ3v) is 12.3. The van der Waals surface area contributed by atoms with Gasteiger partial charge in [-0.25, -0.2) is 9.29 Å². The molecule has 1 saturated carbocycles. The first-order chi connectivity index (χ1) is 24.9. The van der Waals surface area contributed by atoms with Crippen molar-refractivity contribution in [2.45, 2.75) is 28.5 Å². The summed E-state index contributed by atoms with van der Waals surface area (Å²) in [5.74, 6) is -7.37. The molecule has 9 nitrogen and oxygen atoms in total. The third kappa shape index (κ3) is 4.70. The van der Waals surface area contributed by atoms with Gasteiger partial charge in [-0.15, -0.1) is 23.2 Å². The average molecular weight is 740 g/mol. The highest BCUT2D eigenvalue weighted by molar-refractivity contribution is 6.58. The van der Waals surface area contributed by atoms with Gasteiger partial charge in [0.05, 0.1) is 30.3 Å². The maximum atomic E-state index is 14.5. The topological polar surface area (TPSA) is 121 Å². The Kier molecular flexibility index (Phi) is 7.89. The van der Waals surface area contributed by atoms with Gasteiger partial charge in [0.1, 0.15) is 17.3 Å². The zero-order chi connectivity index (χ0) is 36.7. The number of ether oxygens (including phenoxy) is 1. The fourth-order valence-electron chi connectivity index (χ4n) is 8.41. The average Bonchev–Trinajstić information content (AvgIpc) is 3.49. The Morgan fingerprint density at radius 2 is 1.44 bits per heavy atom. The van der Waals surface area contributed by atoms with Gasteiger partial charge >= 0.3 is 0 Å². The predicted octanol–water partition coefficient (Wildman–Crippen LogP) is 6.54. The molecule has 2 saturated heterocycles. The molecule has 4 aliphatic rings. The number of nitrogens with zero attached hydrogens (tertiary/aromatic N) is 2. The maximum Gasteiger partial charge on any atom is 0.258 e. The lowest BCUT2D eigenvalue weighted by molar-refractivity contribution is -0.125. The van der Waals surface area contributed by atoms with Crippen molar-refractivity contribution in [2.24, 2.45) is 17.8 Å². The number of aromatic hydroxyl groups is 1. The van der Waals surface area contributed by atoms with E-state index >= 15 is 0 Å². The van der Waals surface area contributed by atoms with E-state index in [4.69, 9.17) is 27.9 Å². The number of methoxy groups -OCH3 is 1. The highest BCUT2D eigenvalue weighted by Crippen LogP contribution is 2.66. The first kappa shape index (κ1) is 33.8. The number of ketones is 1. The Bertz CT molecular complexity index is 2230. The van der Waals surface area contributed by atoms with E-state index in [9.17, 15) is 33.5 Å². The molecule has 52 heavy (non-hydrogen) atoms. The Morgan fingerprint density at radius 3 is 2.10 bits per heavy atom. The van der Waals surface area contributed by atoms with E-state index < -0.39 is 62.9 Å². The quantitative estimate of drug-likeness (QED) is 0.103. The summed E-state index contributed by atoms with van der Waals surface area (Å²) < 4.78 is 19.2. The van der Waals surface area contributed by atoms with Crippen LogP contribution in [-0.4, -0.2) is 51.4 Å². The second kappa shape index (κ2) is 12.1. The van der Waals surface area contributed by atoms with Crippen LogP contribution in [0, 0.1) is 23.6 Å². The summed E-state index contributed by atoms with van der Waals surface area (Å²) in [4.78, 5) is 68.0. The lowest BCUT2D eigenvalue weighted by Crippen LogP contribution is -2.60. The molecule has 2 heterocycles. The van der Waals surface area contributed by atoms with Crippen LogP contribution < -0.4 is 14.5 Å². The second-order valence-electron chi connectivity index (χ2n) is 13.4. The third-order valence-electron chi connectivity index (χ3n) is 10.9. The summed E-state index contributed by atoms with van der Waals surface area (Å²) in [7, 11) is 1.42. The van der Waals surface area contributed by atoms with Crippen molar-refractivity contribution in [3.8, 4) is 11.5 Å². The molecule has 4 aromatic carbocycles. The maximum absolute atomic E-state index is 14.5. The smallest absolute Gasteiger partial charge is 0.258 e. The zero-order valence-corrected chi connectivity index (χ0v) is 29.0. The van der Waals surface area contributed by atoms with Gasteiger partial charge in [0.15, 0.2) is 15.5 Å². The Hall–Kier alpha value is -5.32. The monoisotopic (exact) mass is 738 g/mol. The number of imide groups is 2. The largest absolute Gasteiger partial charge is 0.508 e. The van der Waals surface area contributed by atoms with Crippen molar-refractivity contribution in [1.29, 1.82) is 0 Å². The number of halogens is 3. The van der Waals surface area contributed by atoms with E-state index in [1.807, 2.05) is 0 Å². The van der Waals surface area contributed by atoms with Crippen LogP contribution in [0.4, 0.5) is 15.8 Å². The number of carbonyl (C=O) groups excluding carboxylic acids is 5. The van der Waals surface area contributed by atoms with E-state index in [1.54, 1.807) is 66.7 Å². The molecule has 3 fully saturated rings. The highest BCUT2D eigenvalue weighted by atomic mass is 35.5. The highest BCUT2D eigenvalue weighted by Gasteiger charge is 2.77. The standard InChI is InChI=1S/C40H29Cl2FN2O7/c1-52-26-15-16-28(31(46)19-26)33-27-17-18-29-32(30(27)20-39(41)37(50)45(38(51)40(33,39)42)25-13-9-23(43)10-14-25)36(49)44(35(29)48)24-11-7-22(8-12-24)34(47)21-5-3-2-4-6-21/h2-17,19,29-30,32-33,46H,18,20H2,1H3. The van der Waals surface area contributed by atoms with Crippen molar-refractivity contribution in [3.05, 3.63) is 131 Å². The minimum absolute atomic E-state index is 0.0471. The SMILES string of the molecule is COc1ccc(C2C3=CCC4C(=O)N(c5ccc(C(=O)c6ccccc6)cc5)C(=O)C4C3CC3(Cl)C(=O)N(c4ccc(F)cc4)C(=O)C23Cl)c(O)c1. The molecular weight excluding hydrogens is 710 g/mol. The van der Waals surface area contributed by atoms with Gasteiger partial charge < -0.3 is 9.84 Å². The molecule has 6 atom stereocenters. The molecule has 12 heteroatoms. The number of amides is 4. The first-order valence-electron chi connectivity index (χ1n) is 16.6. The van der Waals surface area contributed by atoms with Gasteiger partial charge in [-0.1, -0.05) is 48.0 Å². The number of rotatable bonds is 6. The molecule has 262 valence electrons. The van der Waals surface area contributed by atoms with Crippen LogP contribution in [-0.2, 0) is 19.2 Å². The molecule has 8 rings (SSSR count). The number of alkyl halides is 2. The molecule has 6 unspecified atom stereocenters. The first-order valence-corrected chi connectivity index (χ1v) is 17.3. The number of phenols is 1. The zero-order valence-electron chi connectivity index (χ0n) is 27.5. The number of anilines is 2. The van der Waals surface area contributed by atoms with Crippen LogP contribution in [0.2, 0.25) is 0 Å². The van der Waals surface area contributed by atoms with E-state index in [2.05, 4.69) is 0 Å². The number of carbonyl (C=O) groups is 5. The summed E-state index contributed by atoms with van der Waals surface area (Å²) in [6.45, 7) is 0. The van der Waals surface area contributed by atoms with Gasteiger partial charge in [-0.2, -0.15) is 0 Å². The van der Waals surface area contributed by atoms with Crippen LogP contribution >= 0.6 is 23.2 Å². The van der Waals surface area contributed by atoms with Crippen LogP contribution in [0.1, 0.15) is 40.2 Å². The van der Waals surface area contributed by atoms with Crippen LogP contribution in [0.15, 0.2) is 109 Å². The Balaban J connectivity index is 1.21. The molecule has 0 aromatic heterocycles. The number of allylic oxidation sites excluding steroid dienone is 2. The summed E-state index contributed by atoms with van der Waals surface area (Å²) in [5.41, 5.74) is 1.85. The molecule has 1 N–H and O–H groups in total. The van der Waals surface area contributed by atoms with Gasteiger partial charge in [0.25, 0.3) is 11.8 Å². The Labute approximate surface area is 307 Å². The van der Waals surface area contributed by atoms with Gasteiger partial charge in [-0.05, 0) is 73.4 Å². The lowest BCUT2D eigenvalue weighted by atomic mass is 9.56. The molecule has 2 aliphatic heterocycles. The van der Waals surface area contributed by atoms with Crippen LogP contribution in [0.5, 0.6) is 11.5 Å². The number of hydrogen-bond donors (Lipinski definition) is 1. The Morgan fingerprint density at radius 1 is 0.808 bits per heavy atom. The minimum Gasteiger partial charge on any atom is -0.508 e. The number of fused-ring (bicyclic) bond motifs is 4. The van der Waals surface area contributed by atoms with Gasteiger partial charge in [0, 0.05) is 28.7 Å². The molecule has 0 bridgehead atoms. The molecule has 4 aromatic rings. The summed E-state index contributed by atoms with van der Waals surface area (Å²) in [5, 5.41) is 11.3. The van der Waals surface area contributed by atoms with E-state index in [0.717, 1.165) is 21.9 Å². The summed E-state index contributed by atoms with van der Waals surface area (Å²) >= 11 is 14.8.